The van der Waals surface area contributed by atoms with Crippen LogP contribution in [-0.4, -0.2) is 31.5 Å². The molecule has 1 unspecified atom stereocenters. The Hall–Kier alpha value is -0.580. The number of alkyl halides is 1. The summed E-state index contributed by atoms with van der Waals surface area (Å²) in [6.45, 7) is 2.74. The number of amides is 1. The SMILES string of the molecule is COCC(Cl)CNC(=O)c1cc(C)ccc1Br. The quantitative estimate of drug-likeness (QED) is 0.847. The van der Waals surface area contributed by atoms with E-state index in [4.69, 9.17) is 16.3 Å². The van der Waals surface area contributed by atoms with Gasteiger partial charge in [0.05, 0.1) is 17.5 Å². The molecule has 0 radical (unpaired) electrons. The summed E-state index contributed by atoms with van der Waals surface area (Å²) in [7, 11) is 1.58. The minimum absolute atomic E-state index is 0.137. The van der Waals surface area contributed by atoms with Crippen molar-refractivity contribution in [3.63, 3.8) is 0 Å². The third-order valence-electron chi connectivity index (χ3n) is 2.20. The van der Waals surface area contributed by atoms with Gasteiger partial charge in [-0.2, -0.15) is 0 Å². The van der Waals surface area contributed by atoms with Gasteiger partial charge in [0.25, 0.3) is 5.91 Å². The molecular formula is C12H15BrClNO2. The smallest absolute Gasteiger partial charge is 0.252 e. The van der Waals surface area contributed by atoms with Crippen molar-refractivity contribution in [3.8, 4) is 0 Å². The zero-order valence-electron chi connectivity index (χ0n) is 9.80. The molecule has 5 heteroatoms. The fraction of sp³-hybridized carbons (Fsp3) is 0.417. The first-order valence-electron chi connectivity index (χ1n) is 5.22. The van der Waals surface area contributed by atoms with Gasteiger partial charge in [0.15, 0.2) is 0 Å². The monoisotopic (exact) mass is 319 g/mol. The summed E-state index contributed by atoms with van der Waals surface area (Å²) < 4.78 is 5.67. The van der Waals surface area contributed by atoms with Crippen molar-refractivity contribution < 1.29 is 9.53 Å². The van der Waals surface area contributed by atoms with Gasteiger partial charge in [0.1, 0.15) is 0 Å². The van der Waals surface area contributed by atoms with Crippen LogP contribution in [-0.2, 0) is 4.74 Å². The molecule has 0 aliphatic rings. The van der Waals surface area contributed by atoms with Crippen LogP contribution in [0.4, 0.5) is 0 Å². The normalized spacial score (nSPS) is 12.2. The van der Waals surface area contributed by atoms with Crippen molar-refractivity contribution in [1.82, 2.24) is 5.32 Å². The van der Waals surface area contributed by atoms with Gasteiger partial charge in [-0.15, -0.1) is 11.6 Å². The molecule has 17 heavy (non-hydrogen) atoms. The lowest BCUT2D eigenvalue weighted by atomic mass is 10.1. The Labute approximate surface area is 115 Å². The van der Waals surface area contributed by atoms with Crippen LogP contribution < -0.4 is 5.32 Å². The average Bonchev–Trinajstić information content (AvgIpc) is 2.29. The minimum Gasteiger partial charge on any atom is -0.383 e. The predicted molar refractivity (Wildman–Crippen MR) is 72.7 cm³/mol. The Kier molecular flexibility index (Phi) is 5.95. The second kappa shape index (κ2) is 6.99. The van der Waals surface area contributed by atoms with Crippen LogP contribution in [0.5, 0.6) is 0 Å². The first-order valence-corrected chi connectivity index (χ1v) is 6.45. The second-order valence-corrected chi connectivity index (χ2v) is 5.22. The van der Waals surface area contributed by atoms with Gasteiger partial charge in [-0.25, -0.2) is 0 Å². The fourth-order valence-electron chi connectivity index (χ4n) is 1.35. The van der Waals surface area contributed by atoms with E-state index < -0.39 is 0 Å². The molecular weight excluding hydrogens is 305 g/mol. The second-order valence-electron chi connectivity index (χ2n) is 3.75. The summed E-state index contributed by atoms with van der Waals surface area (Å²) >= 11 is 9.28. The van der Waals surface area contributed by atoms with Crippen LogP contribution in [0.3, 0.4) is 0 Å². The number of carbonyl (C=O) groups excluding carboxylic acids is 1. The van der Waals surface area contributed by atoms with Crippen molar-refractivity contribution in [2.45, 2.75) is 12.3 Å². The Balaban J connectivity index is 2.61. The molecule has 1 rings (SSSR count). The minimum atomic E-state index is -0.215. The summed E-state index contributed by atoms with van der Waals surface area (Å²) in [6.07, 6.45) is 0. The van der Waals surface area contributed by atoms with Gasteiger partial charge < -0.3 is 10.1 Å². The lowest BCUT2D eigenvalue weighted by molar-refractivity contribution is 0.0948. The van der Waals surface area contributed by atoms with E-state index >= 15 is 0 Å². The number of ether oxygens (including phenoxy) is 1. The summed E-state index contributed by atoms with van der Waals surface area (Å²) in [5, 5.41) is 2.56. The molecule has 0 fully saturated rings. The molecule has 0 bridgehead atoms. The highest BCUT2D eigenvalue weighted by Crippen LogP contribution is 2.17. The third-order valence-corrected chi connectivity index (χ3v) is 3.17. The summed E-state index contributed by atoms with van der Waals surface area (Å²) in [4.78, 5) is 11.9. The van der Waals surface area contributed by atoms with Crippen LogP contribution in [0.2, 0.25) is 0 Å². The fourth-order valence-corrected chi connectivity index (χ4v) is 1.98. The summed E-state index contributed by atoms with van der Waals surface area (Å²) in [5.74, 6) is -0.137. The number of aryl methyl sites for hydroxylation is 1. The van der Waals surface area contributed by atoms with Crippen LogP contribution in [0.25, 0.3) is 0 Å². The van der Waals surface area contributed by atoms with E-state index in [1.807, 2.05) is 25.1 Å². The highest BCUT2D eigenvalue weighted by Gasteiger charge is 2.12. The summed E-state index contributed by atoms with van der Waals surface area (Å²) in [5.41, 5.74) is 1.66. The zero-order chi connectivity index (χ0) is 12.8. The van der Waals surface area contributed by atoms with Gasteiger partial charge in [-0.05, 0) is 35.0 Å². The van der Waals surface area contributed by atoms with Crippen molar-refractivity contribution in [2.75, 3.05) is 20.3 Å². The van der Waals surface area contributed by atoms with E-state index in [9.17, 15) is 4.79 Å². The largest absolute Gasteiger partial charge is 0.383 e. The van der Waals surface area contributed by atoms with E-state index in [1.54, 1.807) is 7.11 Å². The molecule has 1 N–H and O–H groups in total. The molecule has 0 aliphatic heterocycles. The van der Waals surface area contributed by atoms with Crippen LogP contribution in [0.1, 0.15) is 15.9 Å². The van der Waals surface area contributed by atoms with Gasteiger partial charge >= 0.3 is 0 Å². The van der Waals surface area contributed by atoms with E-state index in [1.165, 1.54) is 0 Å². The molecule has 1 aromatic carbocycles. The number of nitrogens with one attached hydrogen (secondary N) is 1. The van der Waals surface area contributed by atoms with Crippen molar-refractivity contribution in [2.24, 2.45) is 0 Å². The number of rotatable bonds is 5. The number of benzene rings is 1. The molecule has 0 spiro atoms. The molecule has 0 saturated carbocycles. The number of carbonyl (C=O) groups is 1. The Bertz CT molecular complexity index is 398. The van der Waals surface area contributed by atoms with E-state index in [0.29, 0.717) is 18.7 Å². The number of hydrogen-bond acceptors (Lipinski definition) is 2. The Morgan fingerprint density at radius 1 is 1.59 bits per heavy atom. The average molecular weight is 321 g/mol. The van der Waals surface area contributed by atoms with Crippen LogP contribution >= 0.6 is 27.5 Å². The highest BCUT2D eigenvalue weighted by molar-refractivity contribution is 9.10. The van der Waals surface area contributed by atoms with Gasteiger partial charge in [0.2, 0.25) is 0 Å². The molecule has 1 amide bonds. The molecule has 1 atom stereocenters. The molecule has 3 nitrogen and oxygen atoms in total. The predicted octanol–water partition coefficient (Wildman–Crippen LogP) is 2.74. The molecule has 0 saturated heterocycles. The maximum atomic E-state index is 11.9. The first-order chi connectivity index (χ1) is 8.04. The third kappa shape index (κ3) is 4.66. The zero-order valence-corrected chi connectivity index (χ0v) is 12.1. The van der Waals surface area contributed by atoms with Crippen molar-refractivity contribution in [1.29, 1.82) is 0 Å². The van der Waals surface area contributed by atoms with Crippen molar-refractivity contribution >= 4 is 33.4 Å². The molecule has 0 heterocycles. The van der Waals surface area contributed by atoms with Gasteiger partial charge in [-0.1, -0.05) is 11.6 Å². The first kappa shape index (κ1) is 14.5. The van der Waals surface area contributed by atoms with Crippen LogP contribution in [0.15, 0.2) is 22.7 Å². The number of methoxy groups -OCH3 is 1. The molecule has 0 aliphatic carbocycles. The standard InChI is InChI=1S/C12H15BrClNO2/c1-8-3-4-11(13)10(5-8)12(16)15-6-9(14)7-17-2/h3-5,9H,6-7H2,1-2H3,(H,15,16). The van der Waals surface area contributed by atoms with Crippen LogP contribution in [0, 0.1) is 6.92 Å². The highest BCUT2D eigenvalue weighted by atomic mass is 79.9. The van der Waals surface area contributed by atoms with E-state index in [-0.39, 0.29) is 11.3 Å². The van der Waals surface area contributed by atoms with E-state index in [0.717, 1.165) is 10.0 Å². The number of halogens is 2. The maximum Gasteiger partial charge on any atom is 0.252 e. The van der Waals surface area contributed by atoms with Gasteiger partial charge in [-0.3, -0.25) is 4.79 Å². The van der Waals surface area contributed by atoms with Gasteiger partial charge in [0, 0.05) is 18.1 Å². The Morgan fingerprint density at radius 3 is 2.94 bits per heavy atom. The lowest BCUT2D eigenvalue weighted by Gasteiger charge is -2.11. The van der Waals surface area contributed by atoms with E-state index in [2.05, 4.69) is 21.2 Å². The van der Waals surface area contributed by atoms with Crippen molar-refractivity contribution in [3.05, 3.63) is 33.8 Å². The maximum absolute atomic E-state index is 11.9. The molecule has 0 aromatic heterocycles. The number of hydrogen-bond donors (Lipinski definition) is 1. The lowest BCUT2D eigenvalue weighted by Crippen LogP contribution is -2.31. The molecule has 94 valence electrons. The summed E-state index contributed by atoms with van der Waals surface area (Å²) in [6, 6.07) is 5.63. The topological polar surface area (TPSA) is 38.3 Å². The molecule has 1 aromatic rings. The Morgan fingerprint density at radius 2 is 2.29 bits per heavy atom.